The fourth-order valence-electron chi connectivity index (χ4n) is 4.23. The molecule has 0 bridgehead atoms. The number of hydrogen-bond donors (Lipinski definition) is 2. The monoisotopic (exact) mass is 441 g/mol. The lowest BCUT2D eigenvalue weighted by Crippen LogP contribution is -2.32. The van der Waals surface area contributed by atoms with Gasteiger partial charge in [-0.3, -0.25) is 0 Å². The van der Waals surface area contributed by atoms with Crippen LogP contribution < -0.4 is 10.6 Å². The Bertz CT molecular complexity index is 1180. The lowest BCUT2D eigenvalue weighted by atomic mass is 10.0. The van der Waals surface area contributed by atoms with Crippen LogP contribution in [0.15, 0.2) is 83.9 Å². The Kier molecular flexibility index (Phi) is 5.77. The van der Waals surface area contributed by atoms with Crippen LogP contribution in [0.2, 0.25) is 0 Å². The van der Waals surface area contributed by atoms with E-state index in [1.165, 1.54) is 15.8 Å². The number of rotatable bonds is 6. The first-order chi connectivity index (χ1) is 15.7. The molecule has 1 aromatic heterocycles. The molecule has 32 heavy (non-hydrogen) atoms. The minimum atomic E-state index is 0.206. The van der Waals surface area contributed by atoms with Gasteiger partial charge >= 0.3 is 0 Å². The van der Waals surface area contributed by atoms with E-state index in [4.69, 9.17) is 4.99 Å². The largest absolute Gasteiger partial charge is 0.361 e. The van der Waals surface area contributed by atoms with E-state index in [0.717, 1.165) is 35.3 Å². The number of aromatic nitrogens is 1. The van der Waals surface area contributed by atoms with Gasteiger partial charge in [-0.25, -0.2) is 9.98 Å². The third-order valence-corrected chi connectivity index (χ3v) is 6.86. The van der Waals surface area contributed by atoms with E-state index in [9.17, 15) is 0 Å². The summed E-state index contributed by atoms with van der Waals surface area (Å²) in [5.74, 6) is 0.914. The molecule has 0 amide bonds. The molecule has 162 valence electrons. The summed E-state index contributed by atoms with van der Waals surface area (Å²) in [5, 5.41) is 7.93. The van der Waals surface area contributed by atoms with E-state index in [0.29, 0.717) is 0 Å². The molecule has 0 spiro atoms. The zero-order valence-corrected chi connectivity index (χ0v) is 19.1. The maximum absolute atomic E-state index is 4.86. The summed E-state index contributed by atoms with van der Waals surface area (Å²) in [5.41, 5.74) is 4.69. The zero-order chi connectivity index (χ0) is 21.9. The highest BCUT2D eigenvalue weighted by Crippen LogP contribution is 2.31. The lowest BCUT2D eigenvalue weighted by molar-refractivity contribution is 0.371. The summed E-state index contributed by atoms with van der Waals surface area (Å²) in [7, 11) is 2.11. The van der Waals surface area contributed by atoms with E-state index in [1.54, 1.807) is 11.3 Å². The molecule has 2 heterocycles. The van der Waals surface area contributed by atoms with Crippen LogP contribution in [0.3, 0.4) is 0 Å². The van der Waals surface area contributed by atoms with Crippen LogP contribution in [0.1, 0.15) is 24.1 Å². The van der Waals surface area contributed by atoms with E-state index < -0.39 is 0 Å². The average Bonchev–Trinajstić information content (AvgIpc) is 3.35. The number of guanidine groups is 1. The van der Waals surface area contributed by atoms with Crippen molar-refractivity contribution in [2.75, 3.05) is 24.2 Å². The predicted molar refractivity (Wildman–Crippen MR) is 136 cm³/mol. The van der Waals surface area contributed by atoms with Gasteiger partial charge in [0.05, 0.1) is 22.3 Å². The Labute approximate surface area is 192 Å². The fraction of sp³-hybridized carbons (Fsp3) is 0.231. The molecule has 4 aromatic rings. The van der Waals surface area contributed by atoms with Crippen LogP contribution in [0.5, 0.6) is 0 Å². The molecule has 0 saturated heterocycles. The minimum absolute atomic E-state index is 0.206. The van der Waals surface area contributed by atoms with Crippen molar-refractivity contribution in [3.63, 3.8) is 0 Å². The molecule has 6 heteroatoms. The highest BCUT2D eigenvalue weighted by atomic mass is 32.1. The molecule has 5 rings (SSSR count). The van der Waals surface area contributed by atoms with Gasteiger partial charge in [-0.2, -0.15) is 0 Å². The molecule has 2 N–H and O–H groups in total. The van der Waals surface area contributed by atoms with Crippen LogP contribution in [-0.2, 0) is 6.42 Å². The maximum atomic E-state index is 4.86. The number of hydrogen-bond acceptors (Lipinski definition) is 6. The van der Waals surface area contributed by atoms with Gasteiger partial charge in [0, 0.05) is 19.3 Å². The van der Waals surface area contributed by atoms with Gasteiger partial charge in [0.15, 0.2) is 11.1 Å². The summed E-state index contributed by atoms with van der Waals surface area (Å²) in [4.78, 5) is 11.7. The number of likely N-dealkylation sites (N-methyl/N-ethyl adjacent to an activating group) is 1. The maximum Gasteiger partial charge on any atom is 0.199 e. The highest BCUT2D eigenvalue weighted by molar-refractivity contribution is 7.22. The smallest absolute Gasteiger partial charge is 0.199 e. The average molecular weight is 442 g/mol. The first-order valence-corrected chi connectivity index (χ1v) is 11.8. The topological polar surface area (TPSA) is 52.6 Å². The van der Waals surface area contributed by atoms with Crippen molar-refractivity contribution in [2.24, 2.45) is 4.99 Å². The van der Waals surface area contributed by atoms with Crippen molar-refractivity contribution in [3.05, 3.63) is 90.0 Å². The molecule has 0 radical (unpaired) electrons. The molecule has 3 aromatic carbocycles. The Morgan fingerprint density at radius 3 is 2.47 bits per heavy atom. The molecule has 5 nitrogen and oxygen atoms in total. The van der Waals surface area contributed by atoms with Crippen LogP contribution in [-0.4, -0.2) is 35.5 Å². The Hall–Kier alpha value is -3.38. The third kappa shape index (κ3) is 4.32. The van der Waals surface area contributed by atoms with Crippen LogP contribution in [0.4, 0.5) is 10.8 Å². The van der Waals surface area contributed by atoms with E-state index >= 15 is 0 Å². The van der Waals surface area contributed by atoms with Gasteiger partial charge in [0.1, 0.15) is 0 Å². The fourth-order valence-corrected chi connectivity index (χ4v) is 5.12. The second-order valence-corrected chi connectivity index (χ2v) is 9.18. The molecule has 2 unspecified atom stereocenters. The van der Waals surface area contributed by atoms with Gasteiger partial charge in [-0.1, -0.05) is 65.9 Å². The third-order valence-electron chi connectivity index (χ3n) is 5.87. The summed E-state index contributed by atoms with van der Waals surface area (Å²) in [6, 6.07) is 27.9. The molecule has 0 saturated carbocycles. The van der Waals surface area contributed by atoms with Crippen molar-refractivity contribution < 1.29 is 0 Å². The van der Waals surface area contributed by atoms with Crippen molar-refractivity contribution in [2.45, 2.75) is 25.4 Å². The minimum Gasteiger partial charge on any atom is -0.361 e. The van der Waals surface area contributed by atoms with E-state index in [-0.39, 0.29) is 12.1 Å². The van der Waals surface area contributed by atoms with E-state index in [1.807, 2.05) is 6.07 Å². The SMILES string of the molecule is CC1N=C(Nc2ccc(CCNc3nc4ccccc4s3)cc2)N(C)C1c1ccccc1. The van der Waals surface area contributed by atoms with Crippen LogP contribution in [0.25, 0.3) is 10.2 Å². The standard InChI is InChI=1S/C26H27N5S/c1-18-24(20-8-4-3-5-9-20)31(2)25(28-18)29-21-14-12-19(13-15-21)16-17-27-26-30-22-10-6-7-11-23(22)32-26/h3-15,18,24H,16-17H2,1-2H3,(H,27,30)(H,28,29). The predicted octanol–water partition coefficient (Wildman–Crippen LogP) is 5.79. The summed E-state index contributed by atoms with van der Waals surface area (Å²) in [6.07, 6.45) is 0.949. The first kappa shape index (κ1) is 20.5. The zero-order valence-electron chi connectivity index (χ0n) is 18.3. The number of nitrogens with zero attached hydrogens (tertiary/aromatic N) is 3. The quantitative estimate of drug-likeness (QED) is 0.397. The van der Waals surface area contributed by atoms with Crippen LogP contribution in [0, 0.1) is 0 Å². The summed E-state index contributed by atoms with van der Waals surface area (Å²) >= 11 is 1.70. The van der Waals surface area contributed by atoms with Gasteiger partial charge < -0.3 is 15.5 Å². The molecular weight excluding hydrogens is 414 g/mol. The number of nitrogens with one attached hydrogen (secondary N) is 2. The molecule has 1 aliphatic heterocycles. The van der Waals surface area contributed by atoms with Gasteiger partial charge in [-0.15, -0.1) is 0 Å². The molecular formula is C26H27N5S. The van der Waals surface area contributed by atoms with Crippen molar-refractivity contribution >= 4 is 38.3 Å². The van der Waals surface area contributed by atoms with Crippen LogP contribution >= 0.6 is 11.3 Å². The normalized spacial score (nSPS) is 18.1. The molecule has 0 aliphatic carbocycles. The second kappa shape index (κ2) is 9.01. The van der Waals surface area contributed by atoms with E-state index in [2.05, 4.69) is 107 Å². The lowest BCUT2D eigenvalue weighted by Gasteiger charge is -2.26. The molecule has 2 atom stereocenters. The van der Waals surface area contributed by atoms with Crippen molar-refractivity contribution in [1.82, 2.24) is 9.88 Å². The number of aliphatic imine (C=N–C) groups is 1. The Balaban J connectivity index is 1.16. The van der Waals surface area contributed by atoms with Gasteiger partial charge in [0.2, 0.25) is 0 Å². The number of para-hydroxylation sites is 1. The summed E-state index contributed by atoms with van der Waals surface area (Å²) in [6.45, 7) is 3.03. The Morgan fingerprint density at radius 1 is 0.938 bits per heavy atom. The van der Waals surface area contributed by atoms with Gasteiger partial charge in [0.25, 0.3) is 0 Å². The number of benzene rings is 3. The molecule has 0 fully saturated rings. The number of fused-ring (bicyclic) bond motifs is 1. The highest BCUT2D eigenvalue weighted by Gasteiger charge is 2.32. The molecule has 1 aliphatic rings. The second-order valence-electron chi connectivity index (χ2n) is 8.15. The number of thiazole rings is 1. The van der Waals surface area contributed by atoms with Gasteiger partial charge in [-0.05, 0) is 48.7 Å². The first-order valence-electron chi connectivity index (χ1n) is 11.0. The van der Waals surface area contributed by atoms with Crippen molar-refractivity contribution in [3.8, 4) is 0 Å². The number of anilines is 2. The van der Waals surface area contributed by atoms with Crippen molar-refractivity contribution in [1.29, 1.82) is 0 Å². The summed E-state index contributed by atoms with van der Waals surface area (Å²) < 4.78 is 1.22. The Morgan fingerprint density at radius 2 is 1.69 bits per heavy atom.